The molecule has 0 fully saturated rings. The predicted octanol–water partition coefficient (Wildman–Crippen LogP) is 6.82. The number of para-hydroxylation sites is 1. The molecule has 2 aromatic rings. The molecule has 0 unspecified atom stereocenters. The summed E-state index contributed by atoms with van der Waals surface area (Å²) in [5.74, 6) is 1.17. The first kappa shape index (κ1) is 35.8. The summed E-state index contributed by atoms with van der Waals surface area (Å²) in [4.78, 5) is 4.24. The molecule has 4 N–H and O–H groups in total. The molecule has 8 heteroatoms. The summed E-state index contributed by atoms with van der Waals surface area (Å²) in [5, 5.41) is 43.1. The predicted molar refractivity (Wildman–Crippen MR) is 152 cm³/mol. The van der Waals surface area contributed by atoms with Crippen molar-refractivity contribution in [3.05, 3.63) is 57.4 Å². The topological polar surface area (TPSA) is 124 Å². The second-order valence-electron chi connectivity index (χ2n) is 11.1. The first-order valence-corrected chi connectivity index (χ1v) is 13.6. The Hall–Kier alpha value is -2.19. The molecule has 7 nitrogen and oxygen atoms in total. The van der Waals surface area contributed by atoms with Gasteiger partial charge in [0.05, 0.1) is 0 Å². The minimum atomic E-state index is -0.0929. The van der Waals surface area contributed by atoms with Crippen LogP contribution in [0, 0.1) is 0 Å². The fourth-order valence-corrected chi connectivity index (χ4v) is 3.98. The minimum absolute atomic E-state index is 0.0492. The number of phenols is 3. The fourth-order valence-electron chi connectivity index (χ4n) is 3.98. The standard InChI is InChI=1S/C15H23N2O2.C15H24O2.O.V/c1-15(2,3)13-6-4-5-12(14(13)19)11-17-8-7-16-9-10-18;1-8(2)11-7-12(9(3)4)14(16)15(17)13(11)10(5)6;;/h4-6,11,18-19H,7-10H2,1-3H3;7-10,16-17H,1-6H3;;/q-1;;;. The molecule has 0 atom stereocenters. The Morgan fingerprint density at radius 3 is 1.92 bits per heavy atom. The molecule has 0 spiro atoms. The van der Waals surface area contributed by atoms with E-state index in [4.69, 9.17) is 8.78 Å². The van der Waals surface area contributed by atoms with Gasteiger partial charge in [-0.15, -0.1) is 13.1 Å². The molecule has 0 bridgehead atoms. The average molecular weight is 567 g/mol. The van der Waals surface area contributed by atoms with Crippen LogP contribution in [0.15, 0.2) is 29.3 Å². The van der Waals surface area contributed by atoms with Crippen molar-refractivity contribution in [1.29, 1.82) is 0 Å². The van der Waals surface area contributed by atoms with Gasteiger partial charge in [-0.05, 0) is 40.4 Å². The van der Waals surface area contributed by atoms with Crippen molar-refractivity contribution in [3.63, 3.8) is 0 Å². The van der Waals surface area contributed by atoms with Gasteiger partial charge in [0.2, 0.25) is 0 Å². The Morgan fingerprint density at radius 1 is 0.868 bits per heavy atom. The first-order chi connectivity index (χ1) is 17.7. The van der Waals surface area contributed by atoms with Crippen molar-refractivity contribution in [1.82, 2.24) is 0 Å². The number of benzene rings is 2. The molecular weight excluding hydrogens is 519 g/mol. The first-order valence-electron chi connectivity index (χ1n) is 13.1. The summed E-state index contributed by atoms with van der Waals surface area (Å²) in [6.07, 6.45) is 1.68. The molecular formula is C30H47N2O5V-. The number of aliphatic imine (C=N–C) groups is 1. The van der Waals surface area contributed by atoms with Crippen LogP contribution in [-0.2, 0) is 26.5 Å². The molecule has 2 rings (SSSR count). The van der Waals surface area contributed by atoms with Crippen molar-refractivity contribution in [2.75, 3.05) is 26.2 Å². The van der Waals surface area contributed by atoms with Crippen LogP contribution in [0.25, 0.3) is 5.32 Å². The Kier molecular flexibility index (Phi) is 16.4. The quantitative estimate of drug-likeness (QED) is 0.151. The normalized spacial score (nSPS) is 11.5. The zero-order chi connectivity index (χ0) is 29.6. The van der Waals surface area contributed by atoms with Crippen molar-refractivity contribution in [2.45, 2.75) is 85.5 Å². The second kappa shape index (κ2) is 17.4. The zero-order valence-electron chi connectivity index (χ0n) is 24.5. The summed E-state index contributed by atoms with van der Waals surface area (Å²) >= 11 is 1.06. The molecule has 0 radical (unpaired) electrons. The van der Waals surface area contributed by atoms with Crippen LogP contribution in [0.4, 0.5) is 0 Å². The summed E-state index contributed by atoms with van der Waals surface area (Å²) in [5.41, 5.74) is 4.40. The Labute approximate surface area is 238 Å². The van der Waals surface area contributed by atoms with E-state index in [0.29, 0.717) is 31.3 Å². The van der Waals surface area contributed by atoms with Crippen LogP contribution in [0.1, 0.15) is 108 Å². The van der Waals surface area contributed by atoms with Gasteiger partial charge >= 0.3 is 21.0 Å². The molecule has 0 aliphatic heterocycles. The third-order valence-corrected chi connectivity index (χ3v) is 5.95. The van der Waals surface area contributed by atoms with E-state index >= 15 is 0 Å². The van der Waals surface area contributed by atoms with E-state index < -0.39 is 0 Å². The molecule has 0 aliphatic carbocycles. The van der Waals surface area contributed by atoms with Crippen LogP contribution < -0.4 is 0 Å². The van der Waals surface area contributed by atoms with Gasteiger partial charge in [0.15, 0.2) is 11.5 Å². The maximum atomic E-state index is 10.2. The van der Waals surface area contributed by atoms with E-state index in [9.17, 15) is 15.3 Å². The van der Waals surface area contributed by atoms with E-state index in [0.717, 1.165) is 45.2 Å². The summed E-state index contributed by atoms with van der Waals surface area (Å²) in [7, 11) is 0. The Morgan fingerprint density at radius 2 is 1.45 bits per heavy atom. The van der Waals surface area contributed by atoms with Crippen molar-refractivity contribution in [3.8, 4) is 17.2 Å². The van der Waals surface area contributed by atoms with Crippen LogP contribution in [0.3, 0.4) is 0 Å². The number of hydrogen-bond donors (Lipinski definition) is 4. The van der Waals surface area contributed by atoms with Crippen LogP contribution in [-0.4, -0.2) is 52.9 Å². The molecule has 0 saturated heterocycles. The number of aliphatic hydroxyl groups is 1. The van der Waals surface area contributed by atoms with E-state index in [2.05, 4.69) is 44.9 Å². The Balaban J connectivity index is 0.000000680. The van der Waals surface area contributed by atoms with Crippen molar-refractivity contribution >= 4 is 6.21 Å². The molecule has 0 aromatic heterocycles. The number of aromatic hydroxyl groups is 3. The number of phenolic OH excluding ortho intramolecular Hbond substituents is 3. The van der Waals surface area contributed by atoms with Gasteiger partial charge in [-0.25, -0.2) is 0 Å². The molecule has 38 heavy (non-hydrogen) atoms. The van der Waals surface area contributed by atoms with Crippen LogP contribution in [0.2, 0.25) is 0 Å². The Bertz CT molecular complexity index is 1010. The fraction of sp³-hybridized carbons (Fsp3) is 0.567. The van der Waals surface area contributed by atoms with Gasteiger partial charge in [0.1, 0.15) is 5.75 Å². The van der Waals surface area contributed by atoms with E-state index in [-0.39, 0.29) is 35.4 Å². The summed E-state index contributed by atoms with van der Waals surface area (Å²) in [6, 6.07) is 7.75. The zero-order valence-corrected chi connectivity index (χ0v) is 25.9. The van der Waals surface area contributed by atoms with E-state index in [1.54, 1.807) is 6.21 Å². The third kappa shape index (κ3) is 10.9. The number of aliphatic hydroxyl groups excluding tert-OH is 1. The number of nitrogens with zero attached hydrogens (tertiary/aromatic N) is 2. The van der Waals surface area contributed by atoms with Crippen LogP contribution in [0.5, 0.6) is 17.2 Å². The van der Waals surface area contributed by atoms with Gasteiger partial charge in [0, 0.05) is 36.1 Å². The van der Waals surface area contributed by atoms with E-state index in [1.165, 1.54) is 0 Å². The van der Waals surface area contributed by atoms with Gasteiger partial charge in [-0.2, -0.15) is 0 Å². The summed E-state index contributed by atoms with van der Waals surface area (Å²) < 4.78 is 8.19. The molecule has 0 heterocycles. The van der Waals surface area contributed by atoms with Crippen molar-refractivity contribution in [2.24, 2.45) is 4.99 Å². The molecule has 213 valence electrons. The monoisotopic (exact) mass is 566 g/mol. The molecule has 0 amide bonds. The second-order valence-corrected chi connectivity index (χ2v) is 11.1. The van der Waals surface area contributed by atoms with Gasteiger partial charge in [0.25, 0.3) is 0 Å². The SMILES string of the molecule is CC(C)(C)c1cccc(C=NCC[N-]CCO)c1O.CC(C)c1cc(C(C)C)c(C(C)C)c(O)c1O.[O]=[V]. The van der Waals surface area contributed by atoms with Crippen LogP contribution >= 0.6 is 0 Å². The molecule has 2 aromatic carbocycles. The van der Waals surface area contributed by atoms with E-state index in [1.807, 2.05) is 52.0 Å². The number of hydrogen-bond acceptors (Lipinski definition) is 6. The van der Waals surface area contributed by atoms with Crippen molar-refractivity contribution < 1.29 is 41.5 Å². The van der Waals surface area contributed by atoms with Gasteiger partial charge in [-0.3, -0.25) is 4.99 Å². The average Bonchev–Trinajstić information content (AvgIpc) is 2.84. The number of rotatable bonds is 9. The maximum absolute atomic E-state index is 10.2. The van der Waals surface area contributed by atoms with Gasteiger partial charge in [-0.1, -0.05) is 80.5 Å². The molecule has 0 aliphatic rings. The third-order valence-electron chi connectivity index (χ3n) is 5.95. The van der Waals surface area contributed by atoms with Gasteiger partial charge < -0.3 is 25.7 Å². The summed E-state index contributed by atoms with van der Waals surface area (Å²) in [6.45, 7) is 20.2. The molecule has 0 saturated carbocycles.